The number of nitrogens with zero attached hydrogens (tertiary/aromatic N) is 1. The van der Waals surface area contributed by atoms with Gasteiger partial charge in [0, 0.05) is 11.6 Å². The molecule has 1 aromatic carbocycles. The Labute approximate surface area is 186 Å². The van der Waals surface area contributed by atoms with Crippen LogP contribution in [0.5, 0.6) is 0 Å². The smallest absolute Gasteiger partial charge is 0.408 e. The van der Waals surface area contributed by atoms with E-state index in [9.17, 15) is 14.4 Å². The molecule has 0 bridgehead atoms. The van der Waals surface area contributed by atoms with E-state index in [0.29, 0.717) is 12.0 Å². The predicted octanol–water partition coefficient (Wildman–Crippen LogP) is 4.18. The molecule has 0 aliphatic carbocycles. The van der Waals surface area contributed by atoms with Gasteiger partial charge in [-0.3, -0.25) is 9.59 Å². The minimum absolute atomic E-state index is 0.0854. The number of carbonyl (C=O) groups is 3. The molecule has 0 aliphatic rings. The lowest BCUT2D eigenvalue weighted by atomic mass is 9.92. The van der Waals surface area contributed by atoms with Crippen molar-refractivity contribution < 1.29 is 19.1 Å². The molecule has 174 valence electrons. The Kier molecular flexibility index (Phi) is 9.09. The molecule has 0 saturated carbocycles. The molecule has 31 heavy (non-hydrogen) atoms. The van der Waals surface area contributed by atoms with E-state index in [0.717, 1.165) is 0 Å². The fourth-order valence-electron chi connectivity index (χ4n) is 3.12. The molecule has 7 heteroatoms. The third kappa shape index (κ3) is 7.89. The molecule has 0 heterocycles. The Balaban J connectivity index is 3.37. The predicted molar refractivity (Wildman–Crippen MR) is 123 cm³/mol. The lowest BCUT2D eigenvalue weighted by Crippen LogP contribution is -2.59. The molecular formula is C24H39N3O4. The maximum Gasteiger partial charge on any atom is 0.408 e. The van der Waals surface area contributed by atoms with E-state index in [4.69, 9.17) is 4.74 Å². The van der Waals surface area contributed by atoms with Crippen molar-refractivity contribution in [3.63, 3.8) is 0 Å². The molecule has 7 nitrogen and oxygen atoms in total. The number of hydrogen-bond acceptors (Lipinski definition) is 4. The van der Waals surface area contributed by atoms with Gasteiger partial charge in [0.25, 0.3) is 0 Å². The number of alkyl carbamates (subject to hydrolysis) is 1. The second-order valence-electron chi connectivity index (χ2n) is 9.72. The van der Waals surface area contributed by atoms with Gasteiger partial charge in [-0.05, 0) is 67.4 Å². The van der Waals surface area contributed by atoms with Crippen LogP contribution in [-0.4, -0.2) is 46.0 Å². The van der Waals surface area contributed by atoms with Crippen LogP contribution in [-0.2, 0) is 14.3 Å². The van der Waals surface area contributed by atoms with Crippen molar-refractivity contribution in [1.82, 2.24) is 15.5 Å². The Bertz CT molecular complexity index is 754. The van der Waals surface area contributed by atoms with Crippen LogP contribution >= 0.6 is 0 Å². The van der Waals surface area contributed by atoms with Crippen LogP contribution in [0.4, 0.5) is 4.79 Å². The summed E-state index contributed by atoms with van der Waals surface area (Å²) in [5, 5.41) is 5.55. The second-order valence-corrected chi connectivity index (χ2v) is 9.72. The quantitative estimate of drug-likeness (QED) is 0.644. The topological polar surface area (TPSA) is 87.7 Å². The summed E-state index contributed by atoms with van der Waals surface area (Å²) in [6.45, 7) is 16.4. The first-order valence-corrected chi connectivity index (χ1v) is 10.9. The number of rotatable bonds is 8. The third-order valence-electron chi connectivity index (χ3n) is 4.91. The fraction of sp³-hybridized carbons (Fsp3) is 0.625. The van der Waals surface area contributed by atoms with Crippen molar-refractivity contribution in [1.29, 1.82) is 0 Å². The molecule has 2 unspecified atom stereocenters. The number of hydrogen-bond donors (Lipinski definition) is 2. The van der Waals surface area contributed by atoms with E-state index < -0.39 is 29.3 Å². The summed E-state index contributed by atoms with van der Waals surface area (Å²) in [5.74, 6) is -0.619. The lowest BCUT2D eigenvalue weighted by molar-refractivity contribution is -0.149. The zero-order valence-corrected chi connectivity index (χ0v) is 20.4. The minimum atomic E-state index is -0.876. The van der Waals surface area contributed by atoms with Gasteiger partial charge in [0.15, 0.2) is 0 Å². The van der Waals surface area contributed by atoms with Crippen LogP contribution < -0.4 is 10.6 Å². The van der Waals surface area contributed by atoms with Gasteiger partial charge in [0.2, 0.25) is 11.8 Å². The van der Waals surface area contributed by atoms with E-state index in [1.54, 1.807) is 32.6 Å². The van der Waals surface area contributed by atoms with Gasteiger partial charge in [-0.25, -0.2) is 4.79 Å². The molecule has 2 N–H and O–H groups in total. The third-order valence-corrected chi connectivity index (χ3v) is 4.91. The Morgan fingerprint density at radius 3 is 1.97 bits per heavy atom. The molecule has 3 amide bonds. The zero-order valence-electron chi connectivity index (χ0n) is 20.4. The van der Waals surface area contributed by atoms with Crippen molar-refractivity contribution in [3.8, 4) is 0 Å². The Morgan fingerprint density at radius 2 is 1.52 bits per heavy atom. The highest BCUT2D eigenvalue weighted by Crippen LogP contribution is 2.32. The summed E-state index contributed by atoms with van der Waals surface area (Å²) in [7, 11) is 0. The first kappa shape index (κ1) is 26.5. The summed E-state index contributed by atoms with van der Waals surface area (Å²) in [5.41, 5.74) is -0.616. The van der Waals surface area contributed by atoms with Crippen molar-refractivity contribution in [2.75, 3.05) is 0 Å². The SMILES string of the molecule is CCC(C)(C)N(C(=O)C(C)NC(=O)OC(C)(C)C)C(C(=O)NC(C)C)c1ccccc1. The van der Waals surface area contributed by atoms with E-state index in [-0.39, 0.29) is 17.9 Å². The van der Waals surface area contributed by atoms with Crippen LogP contribution in [0, 0.1) is 0 Å². The maximum atomic E-state index is 13.6. The monoisotopic (exact) mass is 433 g/mol. The molecule has 0 aromatic heterocycles. The highest BCUT2D eigenvalue weighted by atomic mass is 16.6. The van der Waals surface area contributed by atoms with Gasteiger partial charge in [-0.15, -0.1) is 0 Å². The fourth-order valence-corrected chi connectivity index (χ4v) is 3.12. The normalized spacial score (nSPS) is 13.9. The number of nitrogens with one attached hydrogen (secondary N) is 2. The van der Waals surface area contributed by atoms with E-state index >= 15 is 0 Å². The molecule has 0 saturated heterocycles. The molecule has 0 fully saturated rings. The van der Waals surface area contributed by atoms with E-state index in [1.165, 1.54) is 0 Å². The lowest BCUT2D eigenvalue weighted by Gasteiger charge is -2.44. The second kappa shape index (κ2) is 10.6. The standard InChI is InChI=1S/C24H39N3O4/c1-10-24(8,9)27(21(29)17(4)26-22(30)31-23(5,6)7)19(20(28)25-16(2)3)18-14-12-11-13-15-18/h11-17,19H,10H2,1-9H3,(H,25,28)(H,26,30). The van der Waals surface area contributed by atoms with Crippen molar-refractivity contribution >= 4 is 17.9 Å². The van der Waals surface area contributed by atoms with Crippen LogP contribution in [0.25, 0.3) is 0 Å². The maximum absolute atomic E-state index is 13.6. The number of ether oxygens (including phenoxy) is 1. The van der Waals surface area contributed by atoms with Gasteiger partial charge in [0.1, 0.15) is 17.7 Å². The van der Waals surface area contributed by atoms with Crippen LogP contribution in [0.3, 0.4) is 0 Å². The molecule has 1 rings (SSSR count). The van der Waals surface area contributed by atoms with Crippen LogP contribution in [0.2, 0.25) is 0 Å². The minimum Gasteiger partial charge on any atom is -0.444 e. The first-order valence-electron chi connectivity index (χ1n) is 10.9. The summed E-state index contributed by atoms with van der Waals surface area (Å²) in [6.07, 6.45) is -0.0542. The number of amides is 3. The van der Waals surface area contributed by atoms with Crippen LogP contribution in [0.1, 0.15) is 80.3 Å². The van der Waals surface area contributed by atoms with Crippen molar-refractivity contribution in [3.05, 3.63) is 35.9 Å². The first-order chi connectivity index (χ1) is 14.2. The Hall–Kier alpha value is -2.57. The van der Waals surface area contributed by atoms with Gasteiger partial charge >= 0.3 is 6.09 Å². The van der Waals surface area contributed by atoms with E-state index in [1.807, 2.05) is 65.0 Å². The van der Waals surface area contributed by atoms with Gasteiger partial charge in [0.05, 0.1) is 0 Å². The molecule has 0 radical (unpaired) electrons. The average Bonchev–Trinajstić information content (AvgIpc) is 2.63. The number of carbonyl (C=O) groups excluding carboxylic acids is 3. The summed E-state index contributed by atoms with van der Waals surface area (Å²) < 4.78 is 5.30. The van der Waals surface area contributed by atoms with Gasteiger partial charge < -0.3 is 20.3 Å². The highest BCUT2D eigenvalue weighted by molar-refractivity contribution is 5.92. The molecule has 2 atom stereocenters. The van der Waals surface area contributed by atoms with Gasteiger partial charge in [-0.1, -0.05) is 37.3 Å². The zero-order chi connectivity index (χ0) is 24.0. The molecular weight excluding hydrogens is 394 g/mol. The van der Waals surface area contributed by atoms with Gasteiger partial charge in [-0.2, -0.15) is 0 Å². The molecule has 0 spiro atoms. The average molecular weight is 434 g/mol. The summed E-state index contributed by atoms with van der Waals surface area (Å²) in [4.78, 5) is 40.7. The van der Waals surface area contributed by atoms with Crippen molar-refractivity contribution in [2.24, 2.45) is 0 Å². The summed E-state index contributed by atoms with van der Waals surface area (Å²) >= 11 is 0. The molecule has 0 aliphatic heterocycles. The van der Waals surface area contributed by atoms with E-state index in [2.05, 4.69) is 10.6 Å². The summed E-state index contributed by atoms with van der Waals surface area (Å²) in [6, 6.07) is 7.42. The largest absolute Gasteiger partial charge is 0.444 e. The van der Waals surface area contributed by atoms with Crippen LogP contribution in [0.15, 0.2) is 30.3 Å². The number of benzene rings is 1. The van der Waals surface area contributed by atoms with Crippen molar-refractivity contribution in [2.45, 2.75) is 98.0 Å². The molecule has 1 aromatic rings. The highest BCUT2D eigenvalue weighted by Gasteiger charge is 2.42. The Morgan fingerprint density at radius 1 is 0.968 bits per heavy atom.